The fourth-order valence-corrected chi connectivity index (χ4v) is 7.88. The van der Waals surface area contributed by atoms with Crippen molar-refractivity contribution in [2.45, 2.75) is 180 Å². The maximum absolute atomic E-state index is 13.5. The monoisotopic (exact) mass is 1070 g/mol. The average Bonchev–Trinajstić information content (AvgIpc) is 3.26. The van der Waals surface area contributed by atoms with E-state index in [9.17, 15) is 57.5 Å². The van der Waals surface area contributed by atoms with Crippen molar-refractivity contribution >= 4 is 71.6 Å². The first kappa shape index (κ1) is 61.7. The molecule has 0 aliphatic carbocycles. The molecule has 3 heterocycles. The molecule has 0 aromatic heterocycles. The minimum atomic E-state index is -2.37. The van der Waals surface area contributed by atoms with Crippen LogP contribution >= 0.6 is 0 Å². The van der Waals surface area contributed by atoms with Gasteiger partial charge in [0.15, 0.2) is 79.7 Å². The van der Waals surface area contributed by atoms with Crippen LogP contribution in [0.25, 0.3) is 0 Å². The van der Waals surface area contributed by atoms with Crippen LogP contribution in [-0.2, 0) is 143 Å². The van der Waals surface area contributed by atoms with Gasteiger partial charge in [0.1, 0.15) is 31.5 Å². The minimum Gasteiger partial charge on any atom is -0.467 e. The number of hydrogen-bond acceptors (Lipinski definition) is 30. The molecule has 30 nitrogen and oxygen atoms in total. The van der Waals surface area contributed by atoms with Gasteiger partial charge in [-0.2, -0.15) is 0 Å². The lowest BCUT2D eigenvalue weighted by Gasteiger charge is -2.51. The van der Waals surface area contributed by atoms with Gasteiger partial charge in [0.25, 0.3) is 0 Å². The van der Waals surface area contributed by atoms with Crippen LogP contribution in [0.15, 0.2) is 0 Å². The van der Waals surface area contributed by atoms with Gasteiger partial charge in [0, 0.05) is 83.3 Å². The molecule has 17 atom stereocenters. The van der Waals surface area contributed by atoms with Crippen molar-refractivity contribution in [3.63, 3.8) is 0 Å². The van der Waals surface area contributed by atoms with E-state index in [4.69, 9.17) is 85.3 Å². The smallest absolute Gasteiger partial charge is 0.339 e. The minimum absolute atomic E-state index is 0.777. The molecule has 0 N–H and O–H groups in total. The number of carbonyl (C=O) groups is 12. The highest BCUT2D eigenvalue weighted by atomic mass is 16.8. The zero-order chi connectivity index (χ0) is 55.9. The Labute approximate surface area is 421 Å². The Kier molecular flexibility index (Phi) is 23.5. The highest BCUT2D eigenvalue weighted by Gasteiger charge is 2.62. The third kappa shape index (κ3) is 17.8. The van der Waals surface area contributed by atoms with Crippen molar-refractivity contribution in [1.29, 1.82) is 0 Å². The van der Waals surface area contributed by atoms with Gasteiger partial charge in [0.2, 0.25) is 6.29 Å². The quantitative estimate of drug-likeness (QED) is 0.0909. The molecule has 0 spiro atoms. The molecule has 0 aromatic rings. The van der Waals surface area contributed by atoms with E-state index in [1.165, 1.54) is 0 Å². The van der Waals surface area contributed by atoms with Crippen molar-refractivity contribution in [2.24, 2.45) is 0 Å². The van der Waals surface area contributed by atoms with Crippen LogP contribution in [0.2, 0.25) is 0 Å². The van der Waals surface area contributed by atoms with Gasteiger partial charge >= 0.3 is 71.6 Å². The third-order valence-electron chi connectivity index (χ3n) is 10.2. The molecule has 3 fully saturated rings. The molecule has 3 aliphatic heterocycles. The number of esters is 12. The third-order valence-corrected chi connectivity index (χ3v) is 10.2. The van der Waals surface area contributed by atoms with Crippen LogP contribution in [0.1, 0.15) is 76.2 Å². The van der Waals surface area contributed by atoms with Crippen LogP contribution in [0.4, 0.5) is 0 Å². The first-order valence-corrected chi connectivity index (χ1v) is 22.3. The molecule has 0 amide bonds. The summed E-state index contributed by atoms with van der Waals surface area (Å²) in [5.41, 5.74) is 0. The molecule has 0 saturated carbocycles. The Balaban J connectivity index is 2.57. The van der Waals surface area contributed by atoms with Crippen LogP contribution < -0.4 is 0 Å². The number of methoxy groups -OCH3 is 2. The summed E-state index contributed by atoms with van der Waals surface area (Å²) in [5.74, 6) is -12.9. The second-order valence-corrected chi connectivity index (χ2v) is 16.2. The normalized spacial score (nSPS) is 30.2. The maximum atomic E-state index is 13.5. The molecule has 0 radical (unpaired) electrons. The molecule has 3 rings (SSSR count). The SMILES string of the molecule is COC(=O)C1OC(OC2C(OC3C(OC(C)=O)C(OC)OC(C(COC(C)=O)OC(C)=O)C3OC(C)=O)OC(C(COC(C)=O)OC(C)=O)C(OC(C)=O)C2OC(C)=O)C(OC(C)=O)C(OC(C)=O)C1OC(C)=O. The Morgan fingerprint density at radius 3 is 1.05 bits per heavy atom. The summed E-state index contributed by atoms with van der Waals surface area (Å²) in [5, 5.41) is 0. The summed E-state index contributed by atoms with van der Waals surface area (Å²) in [7, 11) is 1.95. The van der Waals surface area contributed by atoms with E-state index in [-0.39, 0.29) is 0 Å². The predicted octanol–water partition coefficient (Wildman–Crippen LogP) is -1.74. The lowest BCUT2D eigenvalue weighted by atomic mass is 9.92. The highest BCUT2D eigenvalue weighted by molar-refractivity contribution is 5.77. The van der Waals surface area contributed by atoms with E-state index in [0.717, 1.165) is 90.4 Å². The Hall–Kier alpha value is -6.60. The zero-order valence-corrected chi connectivity index (χ0v) is 42.5. The first-order valence-electron chi connectivity index (χ1n) is 22.3. The first-order chi connectivity index (χ1) is 34.6. The van der Waals surface area contributed by atoms with Crippen molar-refractivity contribution in [3.05, 3.63) is 0 Å². The molecule has 17 unspecified atom stereocenters. The number of hydrogen-bond donors (Lipinski definition) is 0. The summed E-state index contributed by atoms with van der Waals surface area (Å²) in [6.45, 7) is 8.56. The van der Waals surface area contributed by atoms with Crippen LogP contribution in [0.3, 0.4) is 0 Å². The number of rotatable bonds is 21. The van der Waals surface area contributed by atoms with E-state index in [1.807, 2.05) is 0 Å². The van der Waals surface area contributed by atoms with Gasteiger partial charge in [-0.25, -0.2) is 4.79 Å². The topological polar surface area (TPSA) is 371 Å². The fraction of sp³-hybridized carbons (Fsp3) is 0.727. The standard InChI is InChI=1S/C44H60O30/c1-16(45)59-14-27(61-18(3)47)29-32(64-21(6)50)36(38(68-25(10)54)42(58-13)70-29)72-44-40(34(66-23(8)52)31(63-20(5)49)30(71-44)28(62-19(4)48)15-60-17(2)46)74-43-39(69-26(11)55)35(67-24(9)53)33(65-22(7)51)37(73-43)41(56)57-12/h27-40,42-44H,14-15H2,1-13H3. The molecule has 416 valence electrons. The second kappa shape index (κ2) is 28.2. The molecular formula is C44H60O30. The lowest BCUT2D eigenvalue weighted by Crippen LogP contribution is -2.70. The van der Waals surface area contributed by atoms with Crippen molar-refractivity contribution in [3.8, 4) is 0 Å². The number of ether oxygens (including phenoxy) is 18. The number of carbonyl (C=O) groups excluding carboxylic acids is 12. The van der Waals surface area contributed by atoms with Crippen LogP contribution in [0, 0.1) is 0 Å². The molecule has 30 heteroatoms. The van der Waals surface area contributed by atoms with E-state index < -0.39 is 189 Å². The van der Waals surface area contributed by atoms with Crippen molar-refractivity contribution in [2.75, 3.05) is 27.4 Å². The Bertz CT molecular complexity index is 2070. The van der Waals surface area contributed by atoms with Crippen LogP contribution in [0.5, 0.6) is 0 Å². The summed E-state index contributed by atoms with van der Waals surface area (Å²) in [4.78, 5) is 153. The molecule has 0 aromatic carbocycles. The molecule has 74 heavy (non-hydrogen) atoms. The van der Waals surface area contributed by atoms with E-state index in [2.05, 4.69) is 0 Å². The Morgan fingerprint density at radius 1 is 0.351 bits per heavy atom. The van der Waals surface area contributed by atoms with E-state index in [0.29, 0.717) is 0 Å². The highest BCUT2D eigenvalue weighted by Crippen LogP contribution is 2.40. The summed E-state index contributed by atoms with van der Waals surface area (Å²) < 4.78 is 102. The predicted molar refractivity (Wildman–Crippen MR) is 228 cm³/mol. The van der Waals surface area contributed by atoms with E-state index in [1.54, 1.807) is 0 Å². The van der Waals surface area contributed by atoms with E-state index >= 15 is 0 Å². The van der Waals surface area contributed by atoms with Crippen molar-refractivity contribution in [1.82, 2.24) is 0 Å². The summed E-state index contributed by atoms with van der Waals surface area (Å²) in [6.07, 6.45) is -34.5. The maximum Gasteiger partial charge on any atom is 0.339 e. The van der Waals surface area contributed by atoms with Gasteiger partial charge < -0.3 is 85.3 Å². The fourth-order valence-electron chi connectivity index (χ4n) is 7.88. The average molecular weight is 1070 g/mol. The van der Waals surface area contributed by atoms with Crippen molar-refractivity contribution < 1.29 is 143 Å². The molecular weight excluding hydrogens is 1010 g/mol. The molecule has 0 bridgehead atoms. The lowest BCUT2D eigenvalue weighted by molar-refractivity contribution is -0.391. The van der Waals surface area contributed by atoms with Gasteiger partial charge in [-0.3, -0.25) is 52.7 Å². The molecule has 3 saturated heterocycles. The zero-order valence-electron chi connectivity index (χ0n) is 42.5. The Morgan fingerprint density at radius 2 is 0.676 bits per heavy atom. The van der Waals surface area contributed by atoms with Gasteiger partial charge in [-0.1, -0.05) is 0 Å². The molecule has 3 aliphatic rings. The largest absolute Gasteiger partial charge is 0.467 e. The second-order valence-electron chi connectivity index (χ2n) is 16.2. The summed E-state index contributed by atoms with van der Waals surface area (Å²) in [6, 6.07) is 0. The van der Waals surface area contributed by atoms with Gasteiger partial charge in [-0.15, -0.1) is 0 Å². The van der Waals surface area contributed by atoms with Gasteiger partial charge in [0.05, 0.1) is 7.11 Å². The van der Waals surface area contributed by atoms with Crippen LogP contribution in [-0.4, -0.2) is 203 Å². The summed E-state index contributed by atoms with van der Waals surface area (Å²) >= 11 is 0. The van der Waals surface area contributed by atoms with Gasteiger partial charge in [-0.05, 0) is 0 Å².